The zero-order chi connectivity index (χ0) is 14.2. The summed E-state index contributed by atoms with van der Waals surface area (Å²) in [6.45, 7) is 9.27. The Morgan fingerprint density at radius 3 is 2.40 bits per heavy atom. The second-order valence-corrected chi connectivity index (χ2v) is 7.15. The predicted molar refractivity (Wildman–Crippen MR) is 83.9 cm³/mol. The Labute approximate surface area is 124 Å². The van der Waals surface area contributed by atoms with Gasteiger partial charge in [0, 0.05) is 37.3 Å². The molecule has 2 bridgehead atoms. The Hall–Kier alpha value is -0.160. The van der Waals surface area contributed by atoms with Gasteiger partial charge in [-0.05, 0) is 58.8 Å². The largest absolute Gasteiger partial charge is 0.329 e. The Morgan fingerprint density at radius 2 is 1.75 bits per heavy atom. The van der Waals surface area contributed by atoms with E-state index in [2.05, 4.69) is 28.7 Å². The normalized spacial score (nSPS) is 36.1. The fraction of sp³-hybridized carbons (Fsp3) is 1.00. The highest BCUT2D eigenvalue weighted by Crippen LogP contribution is 2.35. The van der Waals surface area contributed by atoms with Crippen LogP contribution in [0.2, 0.25) is 0 Å². The molecule has 0 amide bonds. The van der Waals surface area contributed by atoms with Crippen molar-refractivity contribution in [2.24, 2.45) is 5.73 Å². The van der Waals surface area contributed by atoms with Crippen LogP contribution in [-0.4, -0.2) is 78.6 Å². The van der Waals surface area contributed by atoms with Crippen molar-refractivity contribution >= 4 is 0 Å². The SMILES string of the molecule is CCN1CCC(CN)(N2CCC3CCC(C2)N3C)CC1. The number of rotatable bonds is 3. The molecule has 0 aromatic carbocycles. The molecule has 3 aliphatic rings. The van der Waals surface area contributed by atoms with Gasteiger partial charge >= 0.3 is 0 Å². The van der Waals surface area contributed by atoms with Gasteiger partial charge in [-0.3, -0.25) is 9.80 Å². The van der Waals surface area contributed by atoms with Crippen LogP contribution in [0.3, 0.4) is 0 Å². The fourth-order valence-corrected chi connectivity index (χ4v) is 4.67. The average Bonchev–Trinajstić information content (AvgIpc) is 2.72. The Kier molecular flexibility index (Phi) is 4.37. The monoisotopic (exact) mass is 280 g/mol. The molecule has 4 nitrogen and oxygen atoms in total. The summed E-state index contributed by atoms with van der Waals surface area (Å²) in [6, 6.07) is 1.60. The second-order valence-electron chi connectivity index (χ2n) is 7.15. The Balaban J connectivity index is 1.70. The number of likely N-dealkylation sites (N-methyl/N-ethyl adjacent to an activating group) is 1. The highest BCUT2D eigenvalue weighted by Gasteiger charge is 2.43. The molecular formula is C16H32N4. The van der Waals surface area contributed by atoms with Crippen molar-refractivity contribution in [1.82, 2.24) is 14.7 Å². The minimum Gasteiger partial charge on any atom is -0.329 e. The first-order valence-corrected chi connectivity index (χ1v) is 8.58. The molecule has 3 heterocycles. The van der Waals surface area contributed by atoms with Crippen molar-refractivity contribution in [1.29, 1.82) is 0 Å². The maximum Gasteiger partial charge on any atom is 0.0356 e. The third-order valence-corrected chi connectivity index (χ3v) is 6.43. The first-order valence-electron chi connectivity index (χ1n) is 8.58. The van der Waals surface area contributed by atoms with Gasteiger partial charge in [-0.15, -0.1) is 0 Å². The molecule has 0 radical (unpaired) electrons. The maximum atomic E-state index is 6.27. The van der Waals surface area contributed by atoms with Gasteiger partial charge in [-0.25, -0.2) is 0 Å². The van der Waals surface area contributed by atoms with E-state index in [0.717, 1.165) is 18.6 Å². The summed E-state index contributed by atoms with van der Waals surface area (Å²) < 4.78 is 0. The number of hydrogen-bond acceptors (Lipinski definition) is 4. The number of likely N-dealkylation sites (tertiary alicyclic amines) is 2. The van der Waals surface area contributed by atoms with Crippen molar-refractivity contribution in [2.45, 2.75) is 56.7 Å². The summed E-state index contributed by atoms with van der Waals surface area (Å²) in [7, 11) is 2.33. The Morgan fingerprint density at radius 1 is 1.05 bits per heavy atom. The van der Waals surface area contributed by atoms with Crippen LogP contribution in [0.15, 0.2) is 0 Å². The first-order chi connectivity index (χ1) is 9.68. The third-order valence-electron chi connectivity index (χ3n) is 6.43. The first kappa shape index (κ1) is 14.8. The highest BCUT2D eigenvalue weighted by atomic mass is 15.3. The molecule has 0 saturated carbocycles. The van der Waals surface area contributed by atoms with Gasteiger partial charge in [0.25, 0.3) is 0 Å². The molecule has 2 N–H and O–H groups in total. The lowest BCUT2D eigenvalue weighted by Crippen LogP contribution is -2.60. The van der Waals surface area contributed by atoms with E-state index in [9.17, 15) is 0 Å². The van der Waals surface area contributed by atoms with Crippen LogP contribution in [0.5, 0.6) is 0 Å². The van der Waals surface area contributed by atoms with Crippen LogP contribution in [0.4, 0.5) is 0 Å². The van der Waals surface area contributed by atoms with Gasteiger partial charge in [-0.2, -0.15) is 0 Å². The number of nitrogens with zero attached hydrogens (tertiary/aromatic N) is 3. The lowest BCUT2D eigenvalue weighted by molar-refractivity contribution is 0.0224. The number of hydrogen-bond donors (Lipinski definition) is 1. The summed E-state index contributed by atoms with van der Waals surface area (Å²) in [4.78, 5) is 8.00. The predicted octanol–water partition coefficient (Wildman–Crippen LogP) is 0.968. The minimum absolute atomic E-state index is 0.289. The van der Waals surface area contributed by atoms with Crippen molar-refractivity contribution in [2.75, 3.05) is 46.3 Å². The van der Waals surface area contributed by atoms with Crippen molar-refractivity contribution in [3.05, 3.63) is 0 Å². The van der Waals surface area contributed by atoms with Gasteiger partial charge in [0.2, 0.25) is 0 Å². The topological polar surface area (TPSA) is 35.7 Å². The van der Waals surface area contributed by atoms with E-state index in [1.807, 2.05) is 0 Å². The molecule has 2 unspecified atom stereocenters. The van der Waals surface area contributed by atoms with E-state index >= 15 is 0 Å². The van der Waals surface area contributed by atoms with Crippen LogP contribution in [0, 0.1) is 0 Å². The summed E-state index contributed by atoms with van der Waals surface area (Å²) >= 11 is 0. The molecule has 0 aromatic rings. The Bertz CT molecular complexity index is 324. The van der Waals surface area contributed by atoms with E-state index in [0.29, 0.717) is 0 Å². The molecule has 20 heavy (non-hydrogen) atoms. The lowest BCUT2D eigenvalue weighted by Gasteiger charge is -2.49. The number of nitrogens with two attached hydrogens (primary N) is 1. The van der Waals surface area contributed by atoms with Gasteiger partial charge in [0.05, 0.1) is 0 Å². The molecular weight excluding hydrogens is 248 g/mol. The van der Waals surface area contributed by atoms with Gasteiger partial charge in [0.15, 0.2) is 0 Å². The molecule has 3 saturated heterocycles. The summed E-state index contributed by atoms with van der Waals surface area (Å²) in [5.41, 5.74) is 6.55. The molecule has 2 atom stereocenters. The highest BCUT2D eigenvalue weighted by molar-refractivity contribution is 5.01. The lowest BCUT2D eigenvalue weighted by atomic mass is 9.84. The van der Waals surface area contributed by atoms with Gasteiger partial charge in [0.1, 0.15) is 0 Å². The summed E-state index contributed by atoms with van der Waals surface area (Å²) in [6.07, 6.45) is 6.66. The van der Waals surface area contributed by atoms with E-state index in [1.54, 1.807) is 0 Å². The molecule has 0 aliphatic carbocycles. The van der Waals surface area contributed by atoms with Crippen molar-refractivity contribution in [3.8, 4) is 0 Å². The maximum absolute atomic E-state index is 6.27. The van der Waals surface area contributed by atoms with E-state index in [4.69, 9.17) is 5.73 Å². The summed E-state index contributed by atoms with van der Waals surface area (Å²) in [5.74, 6) is 0. The van der Waals surface area contributed by atoms with Crippen LogP contribution in [0.25, 0.3) is 0 Å². The zero-order valence-electron chi connectivity index (χ0n) is 13.4. The quantitative estimate of drug-likeness (QED) is 0.835. The molecule has 3 rings (SSSR count). The smallest absolute Gasteiger partial charge is 0.0356 e. The number of fused-ring (bicyclic) bond motifs is 2. The molecule has 116 valence electrons. The average molecular weight is 280 g/mol. The molecule has 3 aliphatic heterocycles. The molecule has 4 heteroatoms. The molecule has 0 aromatic heterocycles. The van der Waals surface area contributed by atoms with Crippen LogP contribution in [-0.2, 0) is 0 Å². The van der Waals surface area contributed by atoms with E-state index < -0.39 is 0 Å². The third kappa shape index (κ3) is 2.52. The zero-order valence-corrected chi connectivity index (χ0v) is 13.4. The van der Waals surface area contributed by atoms with E-state index in [1.165, 1.54) is 64.8 Å². The standard InChI is InChI=1S/C16H32N4/c1-3-19-10-7-16(13-17,8-11-19)20-9-6-14-4-5-15(12-20)18(14)2/h14-15H,3-13,17H2,1-2H3. The molecule has 3 fully saturated rings. The fourth-order valence-electron chi connectivity index (χ4n) is 4.67. The minimum atomic E-state index is 0.289. The molecule has 0 spiro atoms. The second kappa shape index (κ2) is 5.91. The van der Waals surface area contributed by atoms with Crippen LogP contribution >= 0.6 is 0 Å². The number of piperidine rings is 1. The van der Waals surface area contributed by atoms with Gasteiger partial charge < -0.3 is 10.6 Å². The van der Waals surface area contributed by atoms with Crippen molar-refractivity contribution in [3.63, 3.8) is 0 Å². The van der Waals surface area contributed by atoms with Crippen LogP contribution in [0.1, 0.15) is 39.0 Å². The van der Waals surface area contributed by atoms with Crippen molar-refractivity contribution < 1.29 is 0 Å². The van der Waals surface area contributed by atoms with E-state index in [-0.39, 0.29) is 5.54 Å². The van der Waals surface area contributed by atoms with Crippen LogP contribution < -0.4 is 5.73 Å². The summed E-state index contributed by atoms with van der Waals surface area (Å²) in [5, 5.41) is 0. The van der Waals surface area contributed by atoms with Gasteiger partial charge in [-0.1, -0.05) is 6.92 Å².